The highest BCUT2D eigenvalue weighted by Crippen LogP contribution is 2.31. The molecule has 0 aliphatic heterocycles. The Balaban J connectivity index is 1.97. The molecule has 1 aromatic carbocycles. The van der Waals surface area contributed by atoms with Crippen molar-refractivity contribution in [3.05, 3.63) is 27.7 Å². The highest BCUT2D eigenvalue weighted by molar-refractivity contribution is 9.10. The molecule has 0 spiro atoms. The molecule has 1 N–H and O–H groups in total. The van der Waals surface area contributed by atoms with Crippen molar-refractivity contribution < 1.29 is 9.53 Å². The van der Waals surface area contributed by atoms with E-state index < -0.39 is 0 Å². The van der Waals surface area contributed by atoms with Crippen LogP contribution in [0.3, 0.4) is 0 Å². The fourth-order valence-electron chi connectivity index (χ4n) is 2.62. The number of benzene rings is 1. The molecule has 1 saturated carbocycles. The average Bonchev–Trinajstić information content (AvgIpc) is 2.43. The number of ether oxygens (including phenoxy) is 1. The van der Waals surface area contributed by atoms with E-state index in [1.54, 1.807) is 0 Å². The molecule has 0 heterocycles. The van der Waals surface area contributed by atoms with Gasteiger partial charge in [-0.2, -0.15) is 0 Å². The van der Waals surface area contributed by atoms with Gasteiger partial charge in [0.25, 0.3) is 0 Å². The van der Waals surface area contributed by atoms with E-state index in [4.69, 9.17) is 16.3 Å². The standard InChI is InChI=1S/C15H19BrClNO2/c1-2-20-15(19)10-4-3-5-12(8-10)18-14-7-6-11(16)9-13(14)17/h6-7,9-10,12,18H,2-5,8H2,1H3. The van der Waals surface area contributed by atoms with E-state index in [9.17, 15) is 4.79 Å². The lowest BCUT2D eigenvalue weighted by Gasteiger charge is -2.29. The Hall–Kier alpha value is -0.740. The van der Waals surface area contributed by atoms with Gasteiger partial charge in [0.1, 0.15) is 0 Å². The van der Waals surface area contributed by atoms with Crippen LogP contribution in [0.15, 0.2) is 22.7 Å². The summed E-state index contributed by atoms with van der Waals surface area (Å²) in [5, 5.41) is 4.14. The van der Waals surface area contributed by atoms with Crippen molar-refractivity contribution in [2.24, 2.45) is 5.92 Å². The largest absolute Gasteiger partial charge is 0.466 e. The van der Waals surface area contributed by atoms with Gasteiger partial charge in [0.05, 0.1) is 23.2 Å². The molecule has 20 heavy (non-hydrogen) atoms. The number of carbonyl (C=O) groups excluding carboxylic acids is 1. The molecule has 3 nitrogen and oxygen atoms in total. The maximum atomic E-state index is 11.8. The Bertz CT molecular complexity index is 481. The molecule has 0 aromatic heterocycles. The van der Waals surface area contributed by atoms with Crippen LogP contribution in [-0.4, -0.2) is 18.6 Å². The van der Waals surface area contributed by atoms with Crippen LogP contribution in [0.25, 0.3) is 0 Å². The summed E-state index contributed by atoms with van der Waals surface area (Å²) in [5.74, 6) is -0.0590. The summed E-state index contributed by atoms with van der Waals surface area (Å²) in [6.07, 6.45) is 3.83. The zero-order valence-electron chi connectivity index (χ0n) is 11.5. The van der Waals surface area contributed by atoms with Crippen molar-refractivity contribution in [3.8, 4) is 0 Å². The molecular formula is C15H19BrClNO2. The van der Waals surface area contributed by atoms with Gasteiger partial charge in [-0.25, -0.2) is 0 Å². The number of hydrogen-bond donors (Lipinski definition) is 1. The highest BCUT2D eigenvalue weighted by atomic mass is 79.9. The number of rotatable bonds is 4. The van der Waals surface area contributed by atoms with Gasteiger partial charge < -0.3 is 10.1 Å². The fourth-order valence-corrected chi connectivity index (χ4v) is 3.35. The molecule has 0 amide bonds. The molecule has 1 fully saturated rings. The van der Waals surface area contributed by atoms with Crippen LogP contribution < -0.4 is 5.32 Å². The lowest BCUT2D eigenvalue weighted by molar-refractivity contribution is -0.149. The molecule has 1 aliphatic rings. The molecule has 110 valence electrons. The van der Waals surface area contributed by atoms with Crippen LogP contribution in [0.4, 0.5) is 5.69 Å². The van der Waals surface area contributed by atoms with Crippen molar-refractivity contribution in [1.82, 2.24) is 0 Å². The minimum Gasteiger partial charge on any atom is -0.466 e. The van der Waals surface area contributed by atoms with E-state index >= 15 is 0 Å². The third-order valence-electron chi connectivity index (χ3n) is 3.58. The van der Waals surface area contributed by atoms with E-state index in [0.29, 0.717) is 11.6 Å². The lowest BCUT2D eigenvalue weighted by atomic mass is 9.85. The SMILES string of the molecule is CCOC(=O)C1CCCC(Nc2ccc(Br)cc2Cl)C1. The Kier molecular flexibility index (Phi) is 5.73. The van der Waals surface area contributed by atoms with Crippen molar-refractivity contribution in [3.63, 3.8) is 0 Å². The molecule has 2 rings (SSSR count). The quantitative estimate of drug-likeness (QED) is 0.795. The predicted molar refractivity (Wildman–Crippen MR) is 85.2 cm³/mol. The summed E-state index contributed by atoms with van der Waals surface area (Å²) in [7, 11) is 0. The first-order valence-corrected chi connectivity index (χ1v) is 8.15. The average molecular weight is 361 g/mol. The Morgan fingerprint density at radius 3 is 3.00 bits per heavy atom. The maximum absolute atomic E-state index is 11.8. The third-order valence-corrected chi connectivity index (χ3v) is 4.39. The summed E-state index contributed by atoms with van der Waals surface area (Å²) in [4.78, 5) is 11.8. The van der Waals surface area contributed by atoms with Crippen LogP contribution >= 0.6 is 27.5 Å². The first-order valence-electron chi connectivity index (χ1n) is 6.98. The number of anilines is 1. The van der Waals surface area contributed by atoms with E-state index in [1.165, 1.54) is 0 Å². The fraction of sp³-hybridized carbons (Fsp3) is 0.533. The number of carbonyl (C=O) groups is 1. The number of hydrogen-bond acceptors (Lipinski definition) is 3. The van der Waals surface area contributed by atoms with E-state index in [2.05, 4.69) is 21.2 Å². The summed E-state index contributed by atoms with van der Waals surface area (Å²) in [6.45, 7) is 2.30. The number of halogens is 2. The Morgan fingerprint density at radius 1 is 1.50 bits per heavy atom. The monoisotopic (exact) mass is 359 g/mol. The molecule has 0 bridgehead atoms. The zero-order valence-corrected chi connectivity index (χ0v) is 13.8. The van der Waals surface area contributed by atoms with Gasteiger partial charge in [0.15, 0.2) is 0 Å². The smallest absolute Gasteiger partial charge is 0.308 e. The summed E-state index contributed by atoms with van der Waals surface area (Å²) >= 11 is 9.61. The van der Waals surface area contributed by atoms with Crippen molar-refractivity contribution in [1.29, 1.82) is 0 Å². The van der Waals surface area contributed by atoms with Crippen LogP contribution in [0.5, 0.6) is 0 Å². The minimum atomic E-state index is -0.0686. The van der Waals surface area contributed by atoms with Crippen molar-refractivity contribution in [2.45, 2.75) is 38.6 Å². The van der Waals surface area contributed by atoms with Gasteiger partial charge in [0.2, 0.25) is 0 Å². The van der Waals surface area contributed by atoms with Crippen LogP contribution in [0, 0.1) is 5.92 Å². The molecule has 2 atom stereocenters. The normalized spacial score (nSPS) is 22.4. The summed E-state index contributed by atoms with van der Waals surface area (Å²) in [6, 6.07) is 6.06. The number of nitrogens with one attached hydrogen (secondary N) is 1. The molecule has 2 unspecified atom stereocenters. The van der Waals surface area contributed by atoms with Crippen LogP contribution in [0.1, 0.15) is 32.6 Å². The van der Waals surface area contributed by atoms with Crippen LogP contribution in [-0.2, 0) is 9.53 Å². The second kappa shape index (κ2) is 7.32. The number of esters is 1. The second-order valence-electron chi connectivity index (χ2n) is 5.08. The summed E-state index contributed by atoms with van der Waals surface area (Å²) in [5.41, 5.74) is 0.921. The highest BCUT2D eigenvalue weighted by Gasteiger charge is 2.28. The van der Waals surface area contributed by atoms with Gasteiger partial charge in [-0.15, -0.1) is 0 Å². The van der Waals surface area contributed by atoms with Crippen LogP contribution in [0.2, 0.25) is 5.02 Å². The summed E-state index contributed by atoms with van der Waals surface area (Å²) < 4.78 is 6.08. The molecule has 5 heteroatoms. The molecule has 0 saturated heterocycles. The maximum Gasteiger partial charge on any atom is 0.308 e. The van der Waals surface area contributed by atoms with E-state index in [-0.39, 0.29) is 17.9 Å². The molecular weight excluding hydrogens is 342 g/mol. The van der Waals surface area contributed by atoms with Crippen molar-refractivity contribution in [2.75, 3.05) is 11.9 Å². The van der Waals surface area contributed by atoms with Crippen molar-refractivity contribution >= 4 is 39.2 Å². The Labute approximate surface area is 133 Å². The minimum absolute atomic E-state index is 0.00965. The van der Waals surface area contributed by atoms with E-state index in [1.807, 2.05) is 25.1 Å². The molecule has 1 aromatic rings. The van der Waals surface area contributed by atoms with Gasteiger partial charge in [0, 0.05) is 10.5 Å². The lowest BCUT2D eigenvalue weighted by Crippen LogP contribution is -2.32. The first-order chi connectivity index (χ1) is 9.60. The topological polar surface area (TPSA) is 38.3 Å². The van der Waals surface area contributed by atoms with E-state index in [0.717, 1.165) is 35.8 Å². The molecule has 1 aliphatic carbocycles. The zero-order chi connectivity index (χ0) is 14.5. The first kappa shape index (κ1) is 15.6. The second-order valence-corrected chi connectivity index (χ2v) is 6.40. The van der Waals surface area contributed by atoms with Gasteiger partial charge in [-0.3, -0.25) is 4.79 Å². The van der Waals surface area contributed by atoms with Gasteiger partial charge >= 0.3 is 5.97 Å². The third kappa shape index (κ3) is 4.13. The van der Waals surface area contributed by atoms with Gasteiger partial charge in [-0.05, 0) is 44.4 Å². The molecule has 0 radical (unpaired) electrons. The van der Waals surface area contributed by atoms with Gasteiger partial charge in [-0.1, -0.05) is 34.0 Å². The Morgan fingerprint density at radius 2 is 2.30 bits per heavy atom. The predicted octanol–water partition coefficient (Wildman–Crippen LogP) is 4.64.